The standard InChI is InChI=1S/C19H14F6N4O4S2/c1-3-35(31,32)13-8-11(10-4-6-12(7-5-10)33-19(23,24)25)9-26-14(13)15(30)27-17-29(2)28-16(34-17)18(20,21)22/h4-9H,3H2,1-2H3. The fourth-order valence-electron chi connectivity index (χ4n) is 2.71. The summed E-state index contributed by atoms with van der Waals surface area (Å²) >= 11 is 0.0839. The maximum Gasteiger partial charge on any atom is 0.573 e. The lowest BCUT2D eigenvalue weighted by molar-refractivity contribution is -0.274. The first-order chi connectivity index (χ1) is 16.1. The molecule has 0 aliphatic rings. The number of hydrogen-bond acceptors (Lipinski definition) is 7. The lowest BCUT2D eigenvalue weighted by atomic mass is 10.1. The van der Waals surface area contributed by atoms with Crippen LogP contribution in [0.3, 0.4) is 0 Å². The minimum Gasteiger partial charge on any atom is -0.406 e. The van der Waals surface area contributed by atoms with E-state index in [1.807, 2.05) is 0 Å². The van der Waals surface area contributed by atoms with Crippen LogP contribution in [0.25, 0.3) is 11.1 Å². The molecule has 1 amide bonds. The third-order valence-corrected chi connectivity index (χ3v) is 7.12. The SMILES string of the molecule is CCS(=O)(=O)c1cc(-c2ccc(OC(F)(F)F)cc2)cnc1C(=O)N=c1sc(C(F)(F)F)nn1C. The van der Waals surface area contributed by atoms with E-state index < -0.39 is 60.2 Å². The average molecular weight is 540 g/mol. The van der Waals surface area contributed by atoms with Crippen LogP contribution < -0.4 is 9.54 Å². The highest BCUT2D eigenvalue weighted by Crippen LogP contribution is 2.30. The van der Waals surface area contributed by atoms with Gasteiger partial charge in [-0.1, -0.05) is 30.4 Å². The molecule has 16 heteroatoms. The van der Waals surface area contributed by atoms with Gasteiger partial charge in [0.1, 0.15) is 11.4 Å². The first-order valence-electron chi connectivity index (χ1n) is 9.40. The molecule has 0 unspecified atom stereocenters. The fraction of sp³-hybridized carbons (Fsp3) is 0.263. The normalized spacial score (nSPS) is 13.2. The van der Waals surface area contributed by atoms with Crippen molar-refractivity contribution < 1.29 is 44.3 Å². The molecule has 8 nitrogen and oxygen atoms in total. The highest BCUT2D eigenvalue weighted by molar-refractivity contribution is 7.91. The van der Waals surface area contributed by atoms with Crippen LogP contribution in [0.15, 0.2) is 46.4 Å². The first kappa shape index (κ1) is 26.3. The summed E-state index contributed by atoms with van der Waals surface area (Å²) < 4.78 is 105. The van der Waals surface area contributed by atoms with Crippen LogP contribution in [0.4, 0.5) is 26.3 Å². The minimum absolute atomic E-state index is 0.0839. The Bertz CT molecular complexity index is 1430. The van der Waals surface area contributed by atoms with Gasteiger partial charge in [-0.25, -0.2) is 18.1 Å². The summed E-state index contributed by atoms with van der Waals surface area (Å²) in [5.74, 6) is -2.16. The van der Waals surface area contributed by atoms with Crippen molar-refractivity contribution in [3.05, 3.63) is 52.0 Å². The molecule has 0 saturated heterocycles. The smallest absolute Gasteiger partial charge is 0.406 e. The number of pyridine rings is 1. The van der Waals surface area contributed by atoms with E-state index in [0.29, 0.717) is 0 Å². The molecule has 0 aliphatic heterocycles. The Morgan fingerprint density at radius 3 is 2.26 bits per heavy atom. The zero-order chi connectivity index (χ0) is 26.2. The maximum atomic E-state index is 12.9. The Labute approximate surface area is 197 Å². The molecule has 1 aromatic carbocycles. The molecule has 0 saturated carbocycles. The second kappa shape index (κ2) is 9.41. The lowest BCUT2D eigenvalue weighted by Gasteiger charge is -2.11. The number of aromatic nitrogens is 3. The molecule has 2 heterocycles. The molecule has 2 aromatic heterocycles. The van der Waals surface area contributed by atoms with Gasteiger partial charge < -0.3 is 4.74 Å². The van der Waals surface area contributed by atoms with Gasteiger partial charge in [0.05, 0.1) is 10.6 Å². The van der Waals surface area contributed by atoms with E-state index in [4.69, 9.17) is 0 Å². The van der Waals surface area contributed by atoms with Crippen molar-refractivity contribution in [1.82, 2.24) is 14.8 Å². The van der Waals surface area contributed by atoms with Crippen molar-refractivity contribution in [2.75, 3.05) is 5.75 Å². The third kappa shape index (κ3) is 6.25. The zero-order valence-electron chi connectivity index (χ0n) is 17.7. The van der Waals surface area contributed by atoms with E-state index >= 15 is 0 Å². The highest BCUT2D eigenvalue weighted by atomic mass is 32.2. The number of nitrogens with zero attached hydrogens (tertiary/aromatic N) is 4. The van der Waals surface area contributed by atoms with Gasteiger partial charge in [0.2, 0.25) is 9.81 Å². The summed E-state index contributed by atoms with van der Waals surface area (Å²) in [5.41, 5.74) is -0.219. The number of hydrogen-bond donors (Lipinski definition) is 0. The van der Waals surface area contributed by atoms with E-state index in [1.165, 1.54) is 19.1 Å². The molecule has 3 rings (SSSR count). The molecule has 0 atom stereocenters. The Hall–Kier alpha value is -3.27. The number of carbonyl (C=O) groups is 1. The second-order valence-corrected chi connectivity index (χ2v) is 9.98. The molecule has 0 radical (unpaired) electrons. The first-order valence-corrected chi connectivity index (χ1v) is 11.9. The summed E-state index contributed by atoms with van der Waals surface area (Å²) in [6.07, 6.45) is -8.58. The number of amides is 1. The maximum absolute atomic E-state index is 12.9. The minimum atomic E-state index is -4.90. The van der Waals surface area contributed by atoms with E-state index in [-0.39, 0.29) is 22.5 Å². The number of carbonyl (C=O) groups excluding carboxylic acids is 1. The van der Waals surface area contributed by atoms with Crippen molar-refractivity contribution >= 4 is 27.1 Å². The second-order valence-electron chi connectivity index (χ2n) is 6.77. The van der Waals surface area contributed by atoms with Crippen LogP contribution in [-0.4, -0.2) is 41.2 Å². The summed E-state index contributed by atoms with van der Waals surface area (Å²) in [7, 11) is -2.94. The van der Waals surface area contributed by atoms with Crippen molar-refractivity contribution in [2.45, 2.75) is 24.4 Å². The van der Waals surface area contributed by atoms with Crippen molar-refractivity contribution in [1.29, 1.82) is 0 Å². The highest BCUT2D eigenvalue weighted by Gasteiger charge is 2.35. The Kier molecular flexibility index (Phi) is 7.08. The number of halogens is 6. The molecule has 0 bridgehead atoms. The van der Waals surface area contributed by atoms with Gasteiger partial charge >= 0.3 is 12.5 Å². The number of sulfone groups is 1. The summed E-state index contributed by atoms with van der Waals surface area (Å²) in [5, 5.41) is 1.99. The quantitative estimate of drug-likeness (QED) is 0.454. The van der Waals surface area contributed by atoms with Crippen molar-refractivity contribution in [2.24, 2.45) is 12.0 Å². The van der Waals surface area contributed by atoms with Gasteiger partial charge in [-0.3, -0.25) is 4.79 Å². The molecular weight excluding hydrogens is 526 g/mol. The van der Waals surface area contributed by atoms with Gasteiger partial charge in [-0.15, -0.1) is 13.2 Å². The van der Waals surface area contributed by atoms with E-state index in [1.54, 1.807) is 0 Å². The van der Waals surface area contributed by atoms with Crippen LogP contribution in [0.1, 0.15) is 22.4 Å². The van der Waals surface area contributed by atoms with E-state index in [2.05, 4.69) is 19.8 Å². The van der Waals surface area contributed by atoms with Crippen LogP contribution >= 0.6 is 11.3 Å². The molecule has 3 aromatic rings. The van der Waals surface area contributed by atoms with Gasteiger partial charge in [0, 0.05) is 18.8 Å². The predicted molar refractivity (Wildman–Crippen MR) is 110 cm³/mol. The lowest BCUT2D eigenvalue weighted by Crippen LogP contribution is -2.18. The number of alkyl halides is 6. The topological polar surface area (TPSA) is 104 Å². The predicted octanol–water partition coefficient (Wildman–Crippen LogP) is 4.00. The van der Waals surface area contributed by atoms with Crippen LogP contribution in [0.5, 0.6) is 5.75 Å². The fourth-order valence-corrected chi connectivity index (χ4v) is 4.51. The van der Waals surface area contributed by atoms with Gasteiger partial charge in [0.25, 0.3) is 5.91 Å². The molecule has 0 aliphatic carbocycles. The molecule has 0 fully saturated rings. The summed E-state index contributed by atoms with van der Waals surface area (Å²) in [6.45, 7) is 1.30. The Balaban J connectivity index is 2.06. The summed E-state index contributed by atoms with van der Waals surface area (Å²) in [6, 6.07) is 5.55. The van der Waals surface area contributed by atoms with Crippen molar-refractivity contribution in [3.8, 4) is 16.9 Å². The van der Waals surface area contributed by atoms with Crippen LogP contribution in [0.2, 0.25) is 0 Å². The molecule has 188 valence electrons. The van der Waals surface area contributed by atoms with Gasteiger partial charge in [-0.2, -0.15) is 23.3 Å². The van der Waals surface area contributed by atoms with E-state index in [9.17, 15) is 39.6 Å². The molecule has 0 spiro atoms. The summed E-state index contributed by atoms with van der Waals surface area (Å²) in [4.78, 5) is 19.1. The van der Waals surface area contributed by atoms with Crippen LogP contribution in [0, 0.1) is 0 Å². The molecular formula is C19H14F6N4O4S2. The number of rotatable bonds is 5. The molecule has 0 N–H and O–H groups in total. The Morgan fingerprint density at radius 1 is 1.11 bits per heavy atom. The largest absolute Gasteiger partial charge is 0.573 e. The zero-order valence-corrected chi connectivity index (χ0v) is 19.3. The van der Waals surface area contributed by atoms with Crippen LogP contribution in [-0.2, 0) is 23.1 Å². The van der Waals surface area contributed by atoms with Gasteiger partial charge in [-0.05, 0) is 23.8 Å². The monoisotopic (exact) mass is 540 g/mol. The van der Waals surface area contributed by atoms with Gasteiger partial charge in [0.15, 0.2) is 9.84 Å². The average Bonchev–Trinajstić information content (AvgIpc) is 3.13. The number of aryl methyl sites for hydroxylation is 1. The number of ether oxygens (including phenoxy) is 1. The third-order valence-electron chi connectivity index (χ3n) is 4.34. The van der Waals surface area contributed by atoms with Crippen molar-refractivity contribution in [3.63, 3.8) is 0 Å². The Morgan fingerprint density at radius 2 is 1.74 bits per heavy atom. The number of benzene rings is 1. The van der Waals surface area contributed by atoms with E-state index in [0.717, 1.165) is 36.1 Å². The molecule has 35 heavy (non-hydrogen) atoms.